The van der Waals surface area contributed by atoms with Crippen molar-refractivity contribution < 1.29 is 4.74 Å². The van der Waals surface area contributed by atoms with Gasteiger partial charge in [-0.1, -0.05) is 51.3 Å². The molecule has 3 nitrogen and oxygen atoms in total. The van der Waals surface area contributed by atoms with Gasteiger partial charge in [-0.3, -0.25) is 0 Å². The van der Waals surface area contributed by atoms with Crippen molar-refractivity contribution >= 4 is 0 Å². The first-order valence-corrected chi connectivity index (χ1v) is 11.1. The SMILES string of the molecule is C=C(C)CCCCCCCNC(=C)COCCCCCNC(=C)CCCC. The molecule has 0 radical (unpaired) electrons. The fraction of sp³-hybridized carbons (Fsp3) is 0.750. The van der Waals surface area contributed by atoms with E-state index in [1.807, 2.05) is 0 Å². The molecule has 0 aliphatic rings. The first-order valence-electron chi connectivity index (χ1n) is 11.1. The summed E-state index contributed by atoms with van der Waals surface area (Å²) in [5, 5.41) is 6.79. The molecule has 158 valence electrons. The van der Waals surface area contributed by atoms with Gasteiger partial charge in [0.05, 0.1) is 6.61 Å². The van der Waals surface area contributed by atoms with E-state index in [1.165, 1.54) is 75.5 Å². The Kier molecular flexibility index (Phi) is 18.7. The standard InChI is InChI=1S/C24H46N2O/c1-6-7-17-23(4)25-18-14-11-15-20-27-21-24(5)26-19-13-10-8-9-12-16-22(2)3/h25-26H,2,4-21H2,1,3H3. The number of hydrogen-bond acceptors (Lipinski definition) is 3. The van der Waals surface area contributed by atoms with E-state index in [2.05, 4.69) is 44.2 Å². The largest absolute Gasteiger partial charge is 0.389 e. The Morgan fingerprint density at radius 1 is 0.704 bits per heavy atom. The second kappa shape index (κ2) is 19.5. The van der Waals surface area contributed by atoms with Gasteiger partial charge in [0.25, 0.3) is 0 Å². The Hall–Kier alpha value is -1.22. The van der Waals surface area contributed by atoms with Crippen LogP contribution in [0.2, 0.25) is 0 Å². The van der Waals surface area contributed by atoms with E-state index in [1.54, 1.807) is 0 Å². The fourth-order valence-corrected chi connectivity index (χ4v) is 2.84. The molecule has 0 aromatic heterocycles. The van der Waals surface area contributed by atoms with Crippen molar-refractivity contribution in [2.24, 2.45) is 0 Å². The molecule has 0 aliphatic carbocycles. The molecule has 0 aromatic carbocycles. The monoisotopic (exact) mass is 378 g/mol. The van der Waals surface area contributed by atoms with Crippen molar-refractivity contribution in [3.05, 3.63) is 36.7 Å². The summed E-state index contributed by atoms with van der Waals surface area (Å²) in [6.07, 6.45) is 14.6. The molecule has 0 atom stereocenters. The van der Waals surface area contributed by atoms with E-state index in [9.17, 15) is 0 Å². The molecule has 0 saturated heterocycles. The van der Waals surface area contributed by atoms with Crippen molar-refractivity contribution in [1.82, 2.24) is 10.6 Å². The number of rotatable bonds is 21. The molecule has 0 saturated carbocycles. The average molecular weight is 379 g/mol. The molecule has 0 aromatic rings. The van der Waals surface area contributed by atoms with Crippen LogP contribution in [0.1, 0.15) is 90.9 Å². The molecule has 0 fully saturated rings. The molecular weight excluding hydrogens is 332 g/mol. The maximum atomic E-state index is 5.70. The van der Waals surface area contributed by atoms with Crippen LogP contribution >= 0.6 is 0 Å². The molecule has 0 rings (SSSR count). The van der Waals surface area contributed by atoms with E-state index >= 15 is 0 Å². The van der Waals surface area contributed by atoms with E-state index in [0.717, 1.165) is 38.2 Å². The molecule has 3 heteroatoms. The minimum atomic E-state index is 0.630. The third-order valence-corrected chi connectivity index (χ3v) is 4.60. The highest BCUT2D eigenvalue weighted by atomic mass is 16.5. The Morgan fingerprint density at radius 3 is 1.96 bits per heavy atom. The van der Waals surface area contributed by atoms with Crippen LogP contribution in [0.3, 0.4) is 0 Å². The van der Waals surface area contributed by atoms with Crippen LogP contribution in [0.5, 0.6) is 0 Å². The third kappa shape index (κ3) is 20.9. The van der Waals surface area contributed by atoms with Gasteiger partial charge in [0.15, 0.2) is 0 Å². The second-order valence-electron chi connectivity index (χ2n) is 7.75. The maximum Gasteiger partial charge on any atom is 0.0856 e. The molecule has 0 aliphatic heterocycles. The number of nitrogens with one attached hydrogen (secondary N) is 2. The zero-order valence-electron chi connectivity index (χ0n) is 18.3. The fourth-order valence-electron chi connectivity index (χ4n) is 2.84. The zero-order valence-corrected chi connectivity index (χ0v) is 18.3. The van der Waals surface area contributed by atoms with E-state index < -0.39 is 0 Å². The van der Waals surface area contributed by atoms with Gasteiger partial charge in [-0.15, -0.1) is 6.58 Å². The Balaban J connectivity index is 3.26. The molecular formula is C24H46N2O. The van der Waals surface area contributed by atoms with Crippen molar-refractivity contribution in [3.8, 4) is 0 Å². The first-order chi connectivity index (χ1) is 13.1. The lowest BCUT2D eigenvalue weighted by Gasteiger charge is -2.11. The topological polar surface area (TPSA) is 33.3 Å². The van der Waals surface area contributed by atoms with Crippen LogP contribution in [0, 0.1) is 0 Å². The predicted molar refractivity (Wildman–Crippen MR) is 121 cm³/mol. The minimum Gasteiger partial charge on any atom is -0.389 e. The van der Waals surface area contributed by atoms with Crippen molar-refractivity contribution in [2.45, 2.75) is 90.9 Å². The van der Waals surface area contributed by atoms with Gasteiger partial charge in [0, 0.05) is 31.1 Å². The van der Waals surface area contributed by atoms with Gasteiger partial charge in [0.1, 0.15) is 0 Å². The molecule has 0 heterocycles. The third-order valence-electron chi connectivity index (χ3n) is 4.60. The molecule has 0 bridgehead atoms. The summed E-state index contributed by atoms with van der Waals surface area (Å²) in [5.74, 6) is 0. The smallest absolute Gasteiger partial charge is 0.0856 e. The van der Waals surface area contributed by atoms with Gasteiger partial charge in [0.2, 0.25) is 0 Å². The van der Waals surface area contributed by atoms with Crippen molar-refractivity contribution in [2.75, 3.05) is 26.3 Å². The number of ether oxygens (including phenoxy) is 1. The number of allylic oxidation sites excluding steroid dienone is 2. The van der Waals surface area contributed by atoms with Crippen LogP contribution in [0.25, 0.3) is 0 Å². The van der Waals surface area contributed by atoms with Crippen LogP contribution in [0.4, 0.5) is 0 Å². The second-order valence-corrected chi connectivity index (χ2v) is 7.75. The Morgan fingerprint density at radius 2 is 1.30 bits per heavy atom. The van der Waals surface area contributed by atoms with Crippen LogP contribution < -0.4 is 10.6 Å². The minimum absolute atomic E-state index is 0.630. The lowest BCUT2D eigenvalue weighted by molar-refractivity contribution is 0.147. The average Bonchev–Trinajstić information content (AvgIpc) is 2.64. The van der Waals surface area contributed by atoms with Crippen LogP contribution in [-0.4, -0.2) is 26.3 Å². The normalized spacial score (nSPS) is 10.6. The predicted octanol–water partition coefficient (Wildman–Crippen LogP) is 6.49. The Bertz CT molecular complexity index is 390. The van der Waals surface area contributed by atoms with Gasteiger partial charge < -0.3 is 15.4 Å². The summed E-state index contributed by atoms with van der Waals surface area (Å²) in [7, 11) is 0. The summed E-state index contributed by atoms with van der Waals surface area (Å²) in [6, 6.07) is 0. The molecule has 0 unspecified atom stereocenters. The summed E-state index contributed by atoms with van der Waals surface area (Å²) in [5.41, 5.74) is 3.49. The molecule has 0 amide bonds. The lowest BCUT2D eigenvalue weighted by atomic mass is 10.1. The highest BCUT2D eigenvalue weighted by Gasteiger charge is 1.97. The lowest BCUT2D eigenvalue weighted by Crippen LogP contribution is -2.18. The van der Waals surface area contributed by atoms with Crippen molar-refractivity contribution in [1.29, 1.82) is 0 Å². The maximum absolute atomic E-state index is 5.70. The number of unbranched alkanes of at least 4 members (excludes halogenated alkanes) is 7. The number of hydrogen-bond donors (Lipinski definition) is 2. The highest BCUT2D eigenvalue weighted by Crippen LogP contribution is 2.09. The van der Waals surface area contributed by atoms with E-state index in [4.69, 9.17) is 4.74 Å². The summed E-state index contributed by atoms with van der Waals surface area (Å²) in [4.78, 5) is 0. The van der Waals surface area contributed by atoms with Gasteiger partial charge >= 0.3 is 0 Å². The summed E-state index contributed by atoms with van der Waals surface area (Å²) < 4.78 is 5.70. The molecule has 27 heavy (non-hydrogen) atoms. The first kappa shape index (κ1) is 25.8. The summed E-state index contributed by atoms with van der Waals surface area (Å²) in [6.45, 7) is 19.9. The van der Waals surface area contributed by atoms with E-state index in [0.29, 0.717) is 6.61 Å². The zero-order chi connectivity index (χ0) is 20.2. The Labute approximate surface area is 169 Å². The van der Waals surface area contributed by atoms with Crippen molar-refractivity contribution in [3.63, 3.8) is 0 Å². The van der Waals surface area contributed by atoms with Crippen LogP contribution in [0.15, 0.2) is 36.7 Å². The summed E-state index contributed by atoms with van der Waals surface area (Å²) >= 11 is 0. The highest BCUT2D eigenvalue weighted by molar-refractivity contribution is 4.91. The quantitative estimate of drug-likeness (QED) is 0.177. The van der Waals surface area contributed by atoms with Gasteiger partial charge in [-0.2, -0.15) is 0 Å². The van der Waals surface area contributed by atoms with E-state index in [-0.39, 0.29) is 0 Å². The van der Waals surface area contributed by atoms with Crippen LogP contribution in [-0.2, 0) is 4.74 Å². The molecule has 0 spiro atoms. The molecule has 2 N–H and O–H groups in total. The van der Waals surface area contributed by atoms with Gasteiger partial charge in [-0.05, 0) is 58.3 Å². The van der Waals surface area contributed by atoms with Gasteiger partial charge in [-0.25, -0.2) is 0 Å².